The molecule has 9 nitrogen and oxygen atoms in total. The van der Waals surface area contributed by atoms with Gasteiger partial charge in [0.05, 0.1) is 27.7 Å². The topological polar surface area (TPSA) is 111 Å². The molecule has 0 saturated heterocycles. The van der Waals surface area contributed by atoms with Crippen molar-refractivity contribution in [2.24, 2.45) is 0 Å². The minimum absolute atomic E-state index is 0.0247. The second-order valence-electron chi connectivity index (χ2n) is 27.4. The fraction of sp³-hybridized carbons (Fsp3) is 0.973. The van der Waals surface area contributed by atoms with E-state index < -0.39 is 26.5 Å². The number of phosphoric ester groups is 1. The maximum atomic E-state index is 12.9. The van der Waals surface area contributed by atoms with Crippen molar-refractivity contribution in [3.8, 4) is 0 Å². The molecule has 0 spiro atoms. The summed E-state index contributed by atoms with van der Waals surface area (Å²) in [5.41, 5.74) is 0. The first-order chi connectivity index (χ1) is 41.0. The highest BCUT2D eigenvalue weighted by Gasteiger charge is 2.22. The van der Waals surface area contributed by atoms with Crippen LogP contribution in [-0.4, -0.2) is 70.0 Å². The number of unbranched alkanes of at least 4 members (excludes halogenated alkanes) is 58. The van der Waals surface area contributed by atoms with Gasteiger partial charge in [-0.3, -0.25) is 14.2 Å². The fourth-order valence-corrected chi connectivity index (χ4v) is 12.6. The first kappa shape index (κ1) is 83.0. The lowest BCUT2D eigenvalue weighted by molar-refractivity contribution is -0.870. The zero-order valence-corrected chi connectivity index (χ0v) is 58.3. The molecule has 10 heteroatoms. The molecule has 0 heterocycles. The Morgan fingerprint density at radius 3 is 0.762 bits per heavy atom. The second kappa shape index (κ2) is 66.4. The van der Waals surface area contributed by atoms with Gasteiger partial charge in [0.15, 0.2) is 6.10 Å². The monoisotopic (exact) mass is 1210 g/mol. The van der Waals surface area contributed by atoms with Gasteiger partial charge < -0.3 is 27.9 Å². The van der Waals surface area contributed by atoms with Gasteiger partial charge in [0.1, 0.15) is 19.8 Å². The van der Waals surface area contributed by atoms with Gasteiger partial charge in [0, 0.05) is 12.8 Å². The molecule has 0 saturated carbocycles. The Morgan fingerprint density at radius 1 is 0.321 bits per heavy atom. The zero-order chi connectivity index (χ0) is 61.2. The highest BCUT2D eigenvalue weighted by atomic mass is 31.2. The molecule has 0 aliphatic carbocycles. The summed E-state index contributed by atoms with van der Waals surface area (Å²) in [5.74, 6) is -0.801. The Kier molecular flexibility index (Phi) is 65.6. The molecule has 0 aliphatic heterocycles. The van der Waals surface area contributed by atoms with E-state index in [1.807, 2.05) is 21.1 Å². The maximum Gasteiger partial charge on any atom is 0.306 e. The molecule has 0 radical (unpaired) electrons. The van der Waals surface area contributed by atoms with Crippen molar-refractivity contribution in [1.82, 2.24) is 0 Å². The number of likely N-dealkylation sites (N-methyl/N-ethyl adjacent to an activating group) is 1. The van der Waals surface area contributed by atoms with E-state index in [0.29, 0.717) is 17.4 Å². The molecule has 0 rings (SSSR count). The van der Waals surface area contributed by atoms with Crippen molar-refractivity contribution in [2.45, 2.75) is 418 Å². The van der Waals surface area contributed by atoms with Gasteiger partial charge in [-0.15, -0.1) is 0 Å². The van der Waals surface area contributed by atoms with Gasteiger partial charge in [0.25, 0.3) is 7.82 Å². The van der Waals surface area contributed by atoms with Crippen LogP contribution in [0.1, 0.15) is 412 Å². The van der Waals surface area contributed by atoms with E-state index >= 15 is 0 Å². The summed E-state index contributed by atoms with van der Waals surface area (Å²) in [6, 6.07) is 0. The summed E-state index contributed by atoms with van der Waals surface area (Å²) in [6.45, 7) is 4.35. The summed E-state index contributed by atoms with van der Waals surface area (Å²) < 4.78 is 34.4. The molecule has 502 valence electrons. The minimum atomic E-state index is -4.64. The highest BCUT2D eigenvalue weighted by Crippen LogP contribution is 2.38. The average molecular weight is 1210 g/mol. The minimum Gasteiger partial charge on any atom is -0.756 e. The Labute approximate surface area is 524 Å². The second-order valence-corrected chi connectivity index (χ2v) is 28.8. The van der Waals surface area contributed by atoms with Crippen LogP contribution in [0.4, 0.5) is 0 Å². The van der Waals surface area contributed by atoms with E-state index in [9.17, 15) is 19.0 Å². The lowest BCUT2D eigenvalue weighted by Crippen LogP contribution is -2.37. The van der Waals surface area contributed by atoms with Gasteiger partial charge in [0.2, 0.25) is 0 Å². The number of quaternary nitrogens is 1. The number of carbonyl (C=O) groups is 2. The molecule has 0 aromatic rings. The lowest BCUT2D eigenvalue weighted by Gasteiger charge is -2.28. The highest BCUT2D eigenvalue weighted by molar-refractivity contribution is 7.45. The zero-order valence-electron chi connectivity index (χ0n) is 57.4. The number of ether oxygens (including phenoxy) is 2. The largest absolute Gasteiger partial charge is 0.756 e. The third kappa shape index (κ3) is 70.1. The van der Waals surface area contributed by atoms with Crippen molar-refractivity contribution in [2.75, 3.05) is 47.5 Å². The third-order valence-electron chi connectivity index (χ3n) is 17.6. The first-order valence-electron chi connectivity index (χ1n) is 37.7. The van der Waals surface area contributed by atoms with Crippen LogP contribution in [0, 0.1) is 0 Å². The molecule has 2 unspecified atom stereocenters. The number of phosphoric acid groups is 1. The summed E-state index contributed by atoms with van der Waals surface area (Å²) in [4.78, 5) is 38.1. The number of hydrogen-bond acceptors (Lipinski definition) is 8. The van der Waals surface area contributed by atoms with Crippen LogP contribution >= 0.6 is 7.82 Å². The number of hydrogen-bond donors (Lipinski definition) is 0. The molecular weight excluding hydrogens is 1060 g/mol. The molecule has 2 atom stereocenters. The van der Waals surface area contributed by atoms with Gasteiger partial charge in [-0.25, -0.2) is 0 Å². The Hall–Kier alpha value is -0.990. The predicted molar refractivity (Wildman–Crippen MR) is 361 cm³/mol. The molecule has 84 heavy (non-hydrogen) atoms. The van der Waals surface area contributed by atoms with Gasteiger partial charge in [-0.2, -0.15) is 0 Å². The molecule has 0 aromatic heterocycles. The standard InChI is InChI=1S/C74H148NO8P/c1-6-8-10-12-14-16-18-20-22-24-26-28-30-32-34-36-38-40-42-44-46-48-50-52-54-56-58-60-62-64-66-73(76)80-70-72(71-82-84(78,79)81-69-68-75(3,4)5)83-74(77)67-65-63-61-59-57-55-53-51-49-47-45-43-41-39-37-35-33-31-29-27-25-23-21-19-17-15-13-11-9-7-2/h72H,6-71H2,1-5H3. The molecule has 0 aliphatic rings. The molecule has 0 amide bonds. The van der Waals surface area contributed by atoms with Crippen molar-refractivity contribution in [3.63, 3.8) is 0 Å². The normalized spacial score (nSPS) is 13.0. The van der Waals surface area contributed by atoms with Crippen LogP contribution in [0.2, 0.25) is 0 Å². The summed E-state index contributed by atoms with van der Waals surface area (Å²) in [7, 11) is 1.20. The van der Waals surface area contributed by atoms with Crippen LogP contribution < -0.4 is 4.89 Å². The van der Waals surface area contributed by atoms with Gasteiger partial charge in [-0.1, -0.05) is 386 Å². The number of rotatable bonds is 72. The Morgan fingerprint density at radius 2 is 0.536 bits per heavy atom. The molecule has 0 N–H and O–H groups in total. The summed E-state index contributed by atoms with van der Waals surface area (Å²) in [6.07, 6.45) is 80.7. The predicted octanol–water partition coefficient (Wildman–Crippen LogP) is 23.9. The number of nitrogens with zero attached hydrogens (tertiary/aromatic N) is 1. The van der Waals surface area contributed by atoms with Crippen LogP contribution in [0.15, 0.2) is 0 Å². The lowest BCUT2D eigenvalue weighted by atomic mass is 10.0. The van der Waals surface area contributed by atoms with E-state index in [2.05, 4.69) is 13.8 Å². The smallest absolute Gasteiger partial charge is 0.306 e. The van der Waals surface area contributed by atoms with Crippen molar-refractivity contribution in [3.05, 3.63) is 0 Å². The SMILES string of the molecule is CCCCCCCCCCCCCCCCCCCCCCCCCCCCCCCCC(=O)OCC(COP(=O)([O-])OCC[N+](C)(C)C)OC(=O)CCCCCCCCCCCCCCCCCCCCCCCCCCCCCCCC. The quantitative estimate of drug-likeness (QED) is 0.0256. The number of carbonyl (C=O) groups excluding carboxylic acids is 2. The van der Waals surface area contributed by atoms with E-state index in [1.165, 1.54) is 347 Å². The first-order valence-corrected chi connectivity index (χ1v) is 39.2. The molecule has 0 aromatic carbocycles. The van der Waals surface area contributed by atoms with Crippen LogP contribution in [0.25, 0.3) is 0 Å². The van der Waals surface area contributed by atoms with Crippen molar-refractivity contribution in [1.29, 1.82) is 0 Å². The van der Waals surface area contributed by atoms with E-state index in [4.69, 9.17) is 18.5 Å². The summed E-state index contributed by atoms with van der Waals surface area (Å²) >= 11 is 0. The van der Waals surface area contributed by atoms with Crippen LogP contribution in [-0.2, 0) is 32.7 Å². The molecule has 0 bridgehead atoms. The van der Waals surface area contributed by atoms with Crippen molar-refractivity contribution < 1.29 is 42.1 Å². The average Bonchev–Trinajstić information content (AvgIpc) is 3.52. The fourth-order valence-electron chi connectivity index (χ4n) is 11.8. The maximum absolute atomic E-state index is 12.9. The van der Waals surface area contributed by atoms with Gasteiger partial charge >= 0.3 is 11.9 Å². The van der Waals surface area contributed by atoms with Crippen LogP contribution in [0.3, 0.4) is 0 Å². The van der Waals surface area contributed by atoms with Crippen LogP contribution in [0.5, 0.6) is 0 Å². The molecule has 0 fully saturated rings. The Balaban J connectivity index is 3.93. The Bertz CT molecular complexity index is 1370. The van der Waals surface area contributed by atoms with E-state index in [0.717, 1.165) is 32.1 Å². The number of esters is 2. The van der Waals surface area contributed by atoms with Crippen molar-refractivity contribution >= 4 is 19.8 Å². The molecular formula is C74H148NO8P. The summed E-state index contributed by atoms with van der Waals surface area (Å²) in [5, 5.41) is 0. The van der Waals surface area contributed by atoms with Gasteiger partial charge in [-0.05, 0) is 12.8 Å². The van der Waals surface area contributed by atoms with E-state index in [-0.39, 0.29) is 32.0 Å². The van der Waals surface area contributed by atoms with E-state index in [1.54, 1.807) is 0 Å². The third-order valence-corrected chi connectivity index (χ3v) is 18.6.